The number of amides is 1. The first-order valence-corrected chi connectivity index (χ1v) is 5.92. The molecule has 6 heteroatoms. The lowest BCUT2D eigenvalue weighted by atomic mass is 10.4. The van der Waals surface area contributed by atoms with Gasteiger partial charge in [0, 0.05) is 0 Å². The quantitative estimate of drug-likeness (QED) is 0.608. The minimum Gasteiger partial charge on any atom is -0.375 e. The van der Waals surface area contributed by atoms with Gasteiger partial charge in [0.05, 0.1) is 22.2 Å². The first-order chi connectivity index (χ1) is 7.13. The van der Waals surface area contributed by atoms with E-state index in [4.69, 9.17) is 12.2 Å². The van der Waals surface area contributed by atoms with Crippen molar-refractivity contribution in [3.63, 3.8) is 0 Å². The zero-order valence-electron chi connectivity index (χ0n) is 8.19. The molecule has 15 heavy (non-hydrogen) atoms. The Morgan fingerprint density at radius 2 is 2.67 bits per heavy atom. The highest BCUT2D eigenvalue weighted by atomic mass is 32.2. The standard InChI is InChI=1S/C9H11N3OS2/c1-3-4-11-8(13)6(2)14-7-5-12-9(10)15-7/h1,5-6H,4H2,2H3,(H2,10,12)(H,11,13). The van der Waals surface area contributed by atoms with E-state index in [0.29, 0.717) is 5.13 Å². The topological polar surface area (TPSA) is 68.0 Å². The summed E-state index contributed by atoms with van der Waals surface area (Å²) >= 11 is 2.78. The van der Waals surface area contributed by atoms with E-state index in [9.17, 15) is 4.79 Å². The number of nitrogens with two attached hydrogens (primary N) is 1. The molecule has 1 aromatic rings. The molecule has 1 unspecified atom stereocenters. The van der Waals surface area contributed by atoms with E-state index >= 15 is 0 Å². The van der Waals surface area contributed by atoms with Crippen LogP contribution in [0.3, 0.4) is 0 Å². The lowest BCUT2D eigenvalue weighted by molar-refractivity contribution is -0.120. The predicted molar refractivity (Wildman–Crippen MR) is 63.7 cm³/mol. The number of nitrogens with one attached hydrogen (secondary N) is 1. The van der Waals surface area contributed by atoms with Crippen molar-refractivity contribution < 1.29 is 4.79 Å². The monoisotopic (exact) mass is 241 g/mol. The molecule has 1 atom stereocenters. The van der Waals surface area contributed by atoms with Gasteiger partial charge in [-0.3, -0.25) is 4.79 Å². The van der Waals surface area contributed by atoms with E-state index in [2.05, 4.69) is 16.2 Å². The Balaban J connectivity index is 2.45. The lowest BCUT2D eigenvalue weighted by Crippen LogP contribution is -2.30. The number of hydrogen-bond acceptors (Lipinski definition) is 5. The third-order valence-electron chi connectivity index (χ3n) is 1.53. The number of nitrogen functional groups attached to an aromatic ring is 1. The minimum absolute atomic E-state index is 0.0788. The molecule has 1 heterocycles. The van der Waals surface area contributed by atoms with Crippen molar-refractivity contribution in [2.75, 3.05) is 12.3 Å². The van der Waals surface area contributed by atoms with Crippen LogP contribution in [0.25, 0.3) is 0 Å². The fourth-order valence-corrected chi connectivity index (χ4v) is 2.79. The van der Waals surface area contributed by atoms with Crippen molar-refractivity contribution in [2.45, 2.75) is 16.4 Å². The number of aromatic nitrogens is 1. The molecule has 0 radical (unpaired) electrons. The summed E-state index contributed by atoms with van der Waals surface area (Å²) in [5, 5.41) is 2.93. The molecular weight excluding hydrogens is 230 g/mol. The molecule has 0 aromatic carbocycles. The molecule has 0 spiro atoms. The van der Waals surface area contributed by atoms with Crippen LogP contribution in [0.2, 0.25) is 0 Å². The fraction of sp³-hybridized carbons (Fsp3) is 0.333. The van der Waals surface area contributed by atoms with Crippen molar-refractivity contribution in [3.8, 4) is 12.3 Å². The van der Waals surface area contributed by atoms with Gasteiger partial charge in [-0.25, -0.2) is 4.98 Å². The Morgan fingerprint density at radius 1 is 1.93 bits per heavy atom. The predicted octanol–water partition coefficient (Wildman–Crippen LogP) is 0.955. The van der Waals surface area contributed by atoms with E-state index in [1.165, 1.54) is 23.1 Å². The highest BCUT2D eigenvalue weighted by Gasteiger charge is 2.14. The molecule has 1 aromatic heterocycles. The number of carbonyl (C=O) groups excluding carboxylic acids is 1. The molecule has 0 aliphatic carbocycles. The van der Waals surface area contributed by atoms with Crippen LogP contribution in [0.4, 0.5) is 5.13 Å². The number of nitrogens with zero attached hydrogens (tertiary/aromatic N) is 1. The molecular formula is C9H11N3OS2. The first-order valence-electron chi connectivity index (χ1n) is 4.22. The molecule has 0 bridgehead atoms. The second kappa shape index (κ2) is 5.63. The smallest absolute Gasteiger partial charge is 0.233 e. The van der Waals surface area contributed by atoms with Crippen LogP contribution < -0.4 is 11.1 Å². The Hall–Kier alpha value is -1.19. The van der Waals surface area contributed by atoms with Gasteiger partial charge >= 0.3 is 0 Å². The maximum atomic E-state index is 11.4. The van der Waals surface area contributed by atoms with Crippen molar-refractivity contribution in [1.29, 1.82) is 0 Å². The van der Waals surface area contributed by atoms with E-state index in [0.717, 1.165) is 4.21 Å². The van der Waals surface area contributed by atoms with Gasteiger partial charge < -0.3 is 11.1 Å². The third-order valence-corrected chi connectivity index (χ3v) is 3.59. The van der Waals surface area contributed by atoms with Crippen molar-refractivity contribution in [1.82, 2.24) is 10.3 Å². The van der Waals surface area contributed by atoms with Crippen LogP contribution in [0, 0.1) is 12.3 Å². The molecule has 0 fully saturated rings. The summed E-state index contributed by atoms with van der Waals surface area (Å²) in [6, 6.07) is 0. The number of rotatable bonds is 4. The number of anilines is 1. The summed E-state index contributed by atoms with van der Waals surface area (Å²) < 4.78 is 0.927. The van der Waals surface area contributed by atoms with Gasteiger partial charge in [0.15, 0.2) is 5.13 Å². The number of terminal acetylenes is 1. The van der Waals surface area contributed by atoms with Crippen molar-refractivity contribution >= 4 is 34.1 Å². The minimum atomic E-state index is -0.196. The first kappa shape index (κ1) is 11.9. The van der Waals surface area contributed by atoms with Crippen LogP contribution in [-0.2, 0) is 4.79 Å². The average Bonchev–Trinajstić information content (AvgIpc) is 2.60. The van der Waals surface area contributed by atoms with Gasteiger partial charge in [0.2, 0.25) is 5.91 Å². The van der Waals surface area contributed by atoms with Crippen LogP contribution in [0.15, 0.2) is 10.4 Å². The van der Waals surface area contributed by atoms with Crippen molar-refractivity contribution in [3.05, 3.63) is 6.20 Å². The summed E-state index contributed by atoms with van der Waals surface area (Å²) in [7, 11) is 0. The third kappa shape index (κ3) is 3.81. The van der Waals surface area contributed by atoms with E-state index in [1.54, 1.807) is 6.20 Å². The number of thiazole rings is 1. The van der Waals surface area contributed by atoms with E-state index < -0.39 is 0 Å². The molecule has 0 saturated carbocycles. The Labute approximate surface area is 96.7 Å². The van der Waals surface area contributed by atoms with Crippen LogP contribution in [-0.4, -0.2) is 22.7 Å². The fourth-order valence-electron chi connectivity index (χ4n) is 0.836. The SMILES string of the molecule is C#CCNC(=O)C(C)Sc1cnc(N)s1. The second-order valence-electron chi connectivity index (χ2n) is 2.70. The van der Waals surface area contributed by atoms with Gasteiger partial charge in [-0.15, -0.1) is 18.2 Å². The number of thioether (sulfide) groups is 1. The molecule has 0 aliphatic rings. The maximum Gasteiger partial charge on any atom is 0.233 e. The van der Waals surface area contributed by atoms with Crippen LogP contribution >= 0.6 is 23.1 Å². The zero-order valence-corrected chi connectivity index (χ0v) is 9.82. The van der Waals surface area contributed by atoms with Gasteiger partial charge in [0.25, 0.3) is 0 Å². The Kier molecular flexibility index (Phi) is 4.46. The molecule has 80 valence electrons. The highest BCUT2D eigenvalue weighted by Crippen LogP contribution is 2.29. The Bertz CT molecular complexity index is 383. The van der Waals surface area contributed by atoms with Crippen molar-refractivity contribution in [2.24, 2.45) is 0 Å². The van der Waals surface area contributed by atoms with Gasteiger partial charge in [-0.05, 0) is 6.92 Å². The van der Waals surface area contributed by atoms with Gasteiger partial charge in [-0.1, -0.05) is 17.3 Å². The maximum absolute atomic E-state index is 11.4. The Morgan fingerprint density at radius 3 is 3.20 bits per heavy atom. The highest BCUT2D eigenvalue weighted by molar-refractivity contribution is 8.02. The van der Waals surface area contributed by atoms with Gasteiger partial charge in [-0.2, -0.15) is 0 Å². The molecule has 0 aliphatic heterocycles. The second-order valence-corrected chi connectivity index (χ2v) is 5.40. The zero-order chi connectivity index (χ0) is 11.3. The molecule has 1 amide bonds. The lowest BCUT2D eigenvalue weighted by Gasteiger charge is -2.08. The van der Waals surface area contributed by atoms with E-state index in [-0.39, 0.29) is 17.7 Å². The summed E-state index contributed by atoms with van der Waals surface area (Å²) in [4.78, 5) is 15.3. The average molecular weight is 241 g/mol. The summed E-state index contributed by atoms with van der Waals surface area (Å²) in [5.41, 5.74) is 5.48. The summed E-state index contributed by atoms with van der Waals surface area (Å²) in [6.45, 7) is 2.07. The number of hydrogen-bond donors (Lipinski definition) is 2. The molecule has 1 rings (SSSR count). The molecule has 3 N–H and O–H groups in total. The normalized spacial score (nSPS) is 11.7. The largest absolute Gasteiger partial charge is 0.375 e. The van der Waals surface area contributed by atoms with Crippen LogP contribution in [0.5, 0.6) is 0 Å². The van der Waals surface area contributed by atoms with E-state index in [1.807, 2.05) is 6.92 Å². The molecule has 4 nitrogen and oxygen atoms in total. The van der Waals surface area contributed by atoms with Crippen LogP contribution in [0.1, 0.15) is 6.92 Å². The van der Waals surface area contributed by atoms with Gasteiger partial charge in [0.1, 0.15) is 0 Å². The summed E-state index contributed by atoms with van der Waals surface area (Å²) in [6.07, 6.45) is 6.70. The molecule has 0 saturated heterocycles. The number of carbonyl (C=O) groups is 1. The summed E-state index contributed by atoms with van der Waals surface area (Å²) in [5.74, 6) is 2.27.